The molecule has 0 N–H and O–H groups in total. The van der Waals surface area contributed by atoms with Gasteiger partial charge in [-0.25, -0.2) is 14.4 Å². The number of hydrogen-bond donors (Lipinski definition) is 0. The summed E-state index contributed by atoms with van der Waals surface area (Å²) in [6.45, 7) is 21.7. The lowest BCUT2D eigenvalue weighted by Crippen LogP contribution is -2.23. The summed E-state index contributed by atoms with van der Waals surface area (Å²) in [4.78, 5) is 31.7. The maximum atomic E-state index is 10.8. The van der Waals surface area contributed by atoms with Crippen molar-refractivity contribution in [3.05, 3.63) is 36.5 Å². The third-order valence-corrected chi connectivity index (χ3v) is 2.43. The molecule has 0 amide bonds. The lowest BCUT2D eigenvalue weighted by Gasteiger charge is -2.19. The second-order valence-corrected chi connectivity index (χ2v) is 6.89. The Hall–Kier alpha value is -2.41. The van der Waals surface area contributed by atoms with Crippen LogP contribution in [0.3, 0.4) is 0 Å². The average Bonchev–Trinajstić information content (AvgIpc) is 3.35. The normalized spacial score (nSPS) is 14.1. The number of methoxy groups -OCH3 is 1. The highest BCUT2D eigenvalue weighted by Crippen LogP contribution is 2.09. The number of ether oxygens (including phenoxy) is 4. The second-order valence-electron chi connectivity index (χ2n) is 6.89. The molecular weight excluding hydrogens is 352 g/mol. The van der Waals surface area contributed by atoms with Gasteiger partial charge >= 0.3 is 17.9 Å². The summed E-state index contributed by atoms with van der Waals surface area (Å²) in [5, 5.41) is 0. The summed E-state index contributed by atoms with van der Waals surface area (Å²) in [7, 11) is 1.33. The van der Waals surface area contributed by atoms with E-state index in [1.165, 1.54) is 7.11 Å². The fourth-order valence-electron chi connectivity index (χ4n) is 0.996. The summed E-state index contributed by atoms with van der Waals surface area (Å²) < 4.78 is 18.8. The zero-order valence-electron chi connectivity index (χ0n) is 17.5. The van der Waals surface area contributed by atoms with Gasteiger partial charge in [-0.2, -0.15) is 0 Å². The van der Waals surface area contributed by atoms with Gasteiger partial charge in [-0.05, 0) is 41.5 Å². The average molecular weight is 384 g/mol. The maximum Gasteiger partial charge on any atom is 0.333 e. The molecule has 0 saturated carbocycles. The smallest absolute Gasteiger partial charge is 0.333 e. The van der Waals surface area contributed by atoms with Crippen LogP contribution in [0.1, 0.15) is 41.5 Å². The van der Waals surface area contributed by atoms with Crippen LogP contribution < -0.4 is 0 Å². The first kappa shape index (κ1) is 26.8. The van der Waals surface area contributed by atoms with Crippen molar-refractivity contribution in [2.75, 3.05) is 20.3 Å². The van der Waals surface area contributed by atoms with Crippen LogP contribution in [0.25, 0.3) is 0 Å². The molecule has 7 heteroatoms. The van der Waals surface area contributed by atoms with Crippen molar-refractivity contribution < 1.29 is 33.3 Å². The molecule has 7 nitrogen and oxygen atoms in total. The molecule has 1 aliphatic heterocycles. The largest absolute Gasteiger partial charge is 0.466 e. The summed E-state index contributed by atoms with van der Waals surface area (Å²) in [5.41, 5.74) is 0.897. The van der Waals surface area contributed by atoms with Gasteiger partial charge in [0.15, 0.2) is 0 Å². The van der Waals surface area contributed by atoms with Crippen molar-refractivity contribution in [2.24, 2.45) is 0 Å². The molecule has 1 atom stereocenters. The predicted molar refractivity (Wildman–Crippen MR) is 103 cm³/mol. The van der Waals surface area contributed by atoms with Crippen molar-refractivity contribution >= 4 is 17.9 Å². The Morgan fingerprint density at radius 3 is 1.52 bits per heavy atom. The van der Waals surface area contributed by atoms with Gasteiger partial charge in [0.1, 0.15) is 18.3 Å². The third-order valence-electron chi connectivity index (χ3n) is 2.43. The van der Waals surface area contributed by atoms with Gasteiger partial charge in [-0.3, -0.25) is 0 Å². The molecule has 0 aliphatic carbocycles. The molecular formula is C20H32O7. The summed E-state index contributed by atoms with van der Waals surface area (Å²) >= 11 is 0. The predicted octanol–water partition coefficient (Wildman–Crippen LogP) is 3.14. The molecule has 1 heterocycles. The van der Waals surface area contributed by atoms with Gasteiger partial charge in [0.25, 0.3) is 0 Å². The molecule has 154 valence electrons. The Morgan fingerprint density at radius 1 is 0.926 bits per heavy atom. The number of rotatable bonds is 5. The van der Waals surface area contributed by atoms with Crippen LogP contribution in [0.15, 0.2) is 36.5 Å². The molecule has 0 spiro atoms. The van der Waals surface area contributed by atoms with Gasteiger partial charge in [-0.15, -0.1) is 0 Å². The van der Waals surface area contributed by atoms with E-state index in [4.69, 9.17) is 14.2 Å². The molecule has 0 radical (unpaired) electrons. The van der Waals surface area contributed by atoms with Gasteiger partial charge in [0.05, 0.1) is 13.7 Å². The molecule has 0 aromatic carbocycles. The molecule has 1 fully saturated rings. The summed E-state index contributed by atoms with van der Waals surface area (Å²) in [6, 6.07) is 0. The van der Waals surface area contributed by atoms with E-state index in [9.17, 15) is 14.4 Å². The van der Waals surface area contributed by atoms with Gasteiger partial charge in [0.2, 0.25) is 0 Å². The van der Waals surface area contributed by atoms with E-state index in [2.05, 4.69) is 24.5 Å². The Morgan fingerprint density at radius 2 is 1.33 bits per heavy atom. The highest BCUT2D eigenvalue weighted by molar-refractivity contribution is 5.87. The Labute approximate surface area is 162 Å². The van der Waals surface area contributed by atoms with E-state index in [-0.39, 0.29) is 24.0 Å². The number of carbonyl (C=O) groups is 3. The first-order valence-electron chi connectivity index (χ1n) is 8.28. The molecule has 0 aromatic heterocycles. The number of carbonyl (C=O) groups excluding carboxylic acids is 3. The topological polar surface area (TPSA) is 91.4 Å². The fourth-order valence-corrected chi connectivity index (χ4v) is 0.996. The fraction of sp³-hybridized carbons (Fsp3) is 0.550. The van der Waals surface area contributed by atoms with Crippen LogP contribution in [0.4, 0.5) is 0 Å². The van der Waals surface area contributed by atoms with Crippen molar-refractivity contribution in [1.82, 2.24) is 0 Å². The van der Waals surface area contributed by atoms with Gasteiger partial charge in [0, 0.05) is 16.7 Å². The van der Waals surface area contributed by atoms with Crippen molar-refractivity contribution in [2.45, 2.75) is 53.2 Å². The van der Waals surface area contributed by atoms with Gasteiger partial charge in [-0.1, -0.05) is 19.7 Å². The molecule has 0 aromatic rings. The zero-order valence-corrected chi connectivity index (χ0v) is 17.5. The molecule has 1 rings (SSSR count). The Balaban J connectivity index is 0. The van der Waals surface area contributed by atoms with E-state index < -0.39 is 5.60 Å². The lowest BCUT2D eigenvalue weighted by atomic mass is 10.2. The van der Waals surface area contributed by atoms with E-state index in [1.807, 2.05) is 20.8 Å². The molecule has 1 unspecified atom stereocenters. The summed E-state index contributed by atoms with van der Waals surface area (Å²) in [5.74, 6) is -1.01. The minimum Gasteiger partial charge on any atom is -0.466 e. The van der Waals surface area contributed by atoms with E-state index in [1.54, 1.807) is 20.8 Å². The van der Waals surface area contributed by atoms with Crippen LogP contribution in [-0.2, 0) is 33.3 Å². The van der Waals surface area contributed by atoms with Crippen LogP contribution in [0.5, 0.6) is 0 Å². The van der Waals surface area contributed by atoms with E-state index in [0.29, 0.717) is 29.9 Å². The highest BCUT2D eigenvalue weighted by atomic mass is 16.6. The van der Waals surface area contributed by atoms with Gasteiger partial charge < -0.3 is 18.9 Å². The first-order chi connectivity index (χ1) is 12.2. The number of epoxide rings is 1. The van der Waals surface area contributed by atoms with Crippen LogP contribution in [0.2, 0.25) is 0 Å². The monoisotopic (exact) mass is 384 g/mol. The quantitative estimate of drug-likeness (QED) is 0.311. The van der Waals surface area contributed by atoms with Crippen LogP contribution >= 0.6 is 0 Å². The molecule has 1 aliphatic rings. The Kier molecular flexibility index (Phi) is 12.8. The van der Waals surface area contributed by atoms with Crippen molar-refractivity contribution in [1.29, 1.82) is 0 Å². The van der Waals surface area contributed by atoms with Crippen molar-refractivity contribution in [3.8, 4) is 0 Å². The Bertz CT molecular complexity index is 563. The third kappa shape index (κ3) is 18.2. The zero-order chi connectivity index (χ0) is 21.8. The molecule has 1 saturated heterocycles. The van der Waals surface area contributed by atoms with Crippen LogP contribution in [0, 0.1) is 0 Å². The minimum atomic E-state index is -0.407. The highest BCUT2D eigenvalue weighted by Gasteiger charge is 2.24. The SMILES string of the molecule is C=C(C)C(=O)OC.C=C(C)C(=O)OC(C)(C)C.C=C(C)C(=O)OCC1CO1. The first-order valence-corrected chi connectivity index (χ1v) is 8.28. The number of esters is 3. The second kappa shape index (κ2) is 12.9. The minimum absolute atomic E-state index is 0.142. The molecule has 0 bridgehead atoms. The number of hydrogen-bond acceptors (Lipinski definition) is 7. The maximum absolute atomic E-state index is 10.8. The van der Waals surface area contributed by atoms with E-state index >= 15 is 0 Å². The van der Waals surface area contributed by atoms with E-state index in [0.717, 1.165) is 0 Å². The van der Waals surface area contributed by atoms with Crippen molar-refractivity contribution in [3.63, 3.8) is 0 Å². The van der Waals surface area contributed by atoms with Crippen LogP contribution in [-0.4, -0.2) is 49.9 Å². The lowest BCUT2D eigenvalue weighted by molar-refractivity contribution is -0.149. The standard InChI is InChI=1S/C8H14O2.C7H10O3.C5H8O2/c1-6(2)7(9)10-8(3,4)5;1-5(2)7(8)10-4-6-3-9-6;1-4(2)5(6)7-3/h1H2,2-5H3;6H,1,3-4H2,2H3;1H2,2-3H3. The summed E-state index contributed by atoms with van der Waals surface area (Å²) in [6.07, 6.45) is 0.142. The molecule has 27 heavy (non-hydrogen) atoms.